The molecule has 0 bridgehead atoms. The first-order chi connectivity index (χ1) is 28.9. The maximum absolute atomic E-state index is 15.6. The van der Waals surface area contributed by atoms with Gasteiger partial charge in [0.1, 0.15) is 19.0 Å². The summed E-state index contributed by atoms with van der Waals surface area (Å²) in [6.45, 7) is 8.47. The number of carbonyl (C=O) groups excluding carboxylic acids is 4. The SMILES string of the molecule is COc1ccc([Si](C)(C)[C@H]2[C@H](CC(=O)N3Cc4ccccc4C[C@H]3CO)O[C@@]3(C(=O)N(Cc4ccc(N5CCOC5=O)cc4)c4ccc(N5CCOC5=O)cc43)[C@@H]2C)cc1. The smallest absolute Gasteiger partial charge is 0.414 e. The van der Waals surface area contributed by atoms with Gasteiger partial charge in [-0.25, -0.2) is 9.59 Å². The minimum atomic E-state index is -2.62. The second kappa shape index (κ2) is 15.4. The Morgan fingerprint density at radius 2 is 1.52 bits per heavy atom. The van der Waals surface area contributed by atoms with Gasteiger partial charge in [0.2, 0.25) is 5.91 Å². The zero-order chi connectivity index (χ0) is 41.9. The third-order valence-corrected chi connectivity index (χ3v) is 17.9. The first-order valence-electron chi connectivity index (χ1n) is 20.7. The van der Waals surface area contributed by atoms with Crippen molar-refractivity contribution in [3.8, 4) is 5.75 Å². The van der Waals surface area contributed by atoms with Crippen LogP contribution in [0.4, 0.5) is 26.7 Å². The Morgan fingerprint density at radius 1 is 0.867 bits per heavy atom. The van der Waals surface area contributed by atoms with Crippen molar-refractivity contribution in [1.29, 1.82) is 0 Å². The molecule has 4 aromatic rings. The number of ether oxygens (including phenoxy) is 4. The highest BCUT2D eigenvalue weighted by Crippen LogP contribution is 2.60. The van der Waals surface area contributed by atoms with E-state index in [0.717, 1.165) is 27.6 Å². The summed E-state index contributed by atoms with van der Waals surface area (Å²) in [5.74, 6) is -0.0477. The third-order valence-electron chi connectivity index (χ3n) is 13.5. The Hall–Kier alpha value is -5.70. The maximum atomic E-state index is 15.6. The Balaban J connectivity index is 1.12. The predicted octanol–water partition coefficient (Wildman–Crippen LogP) is 5.71. The summed E-state index contributed by atoms with van der Waals surface area (Å²) in [6, 6.07) is 28.9. The van der Waals surface area contributed by atoms with Crippen molar-refractivity contribution in [2.45, 2.75) is 69.2 Å². The molecule has 0 radical (unpaired) electrons. The van der Waals surface area contributed by atoms with Gasteiger partial charge in [-0.15, -0.1) is 0 Å². The van der Waals surface area contributed by atoms with Crippen molar-refractivity contribution in [3.05, 3.63) is 113 Å². The van der Waals surface area contributed by atoms with Crippen LogP contribution in [0.1, 0.15) is 35.6 Å². The number of cyclic esters (lactones) is 2. The van der Waals surface area contributed by atoms with Gasteiger partial charge in [-0.2, -0.15) is 0 Å². The molecule has 4 amide bonds. The van der Waals surface area contributed by atoms with Crippen LogP contribution < -0.4 is 24.6 Å². The standard InChI is InChI=1S/C46H50N4O9Si/c1-29-42(60(3,4)37-16-14-36(56-2)15-17-37)40(25-41(52)49-27-32-8-6-5-7-31(32)23-35(49)28-51)59-46(29)38-24-34(48-20-22-58-45(48)55)13-18-39(38)50(43(46)53)26-30-9-11-33(12-10-30)47-19-21-57-44(47)54/h5-18,24,29,35,40,42,51H,19-23,25-28H2,1-4H3/t29-,35+,40+,42-,46+/m1/s1. The molecular weight excluding hydrogens is 781 g/mol. The quantitative estimate of drug-likeness (QED) is 0.200. The summed E-state index contributed by atoms with van der Waals surface area (Å²) < 4.78 is 23.3. The minimum Gasteiger partial charge on any atom is -0.497 e. The fraction of sp³-hybridized carbons (Fsp3) is 0.391. The van der Waals surface area contributed by atoms with E-state index in [-0.39, 0.29) is 55.7 Å². The molecule has 0 aliphatic carbocycles. The second-order valence-corrected chi connectivity index (χ2v) is 21.7. The summed E-state index contributed by atoms with van der Waals surface area (Å²) in [5.41, 5.74) is 3.92. The van der Waals surface area contributed by atoms with E-state index in [1.54, 1.807) is 26.7 Å². The van der Waals surface area contributed by atoms with Crippen molar-refractivity contribution in [2.75, 3.05) is 54.7 Å². The lowest BCUT2D eigenvalue weighted by molar-refractivity contribution is -0.151. The molecule has 1 N–H and O–H groups in total. The van der Waals surface area contributed by atoms with Crippen LogP contribution in [-0.2, 0) is 48.9 Å². The molecule has 4 aromatic carbocycles. The number of fused-ring (bicyclic) bond motifs is 3. The highest BCUT2D eigenvalue weighted by atomic mass is 28.3. The predicted molar refractivity (Wildman–Crippen MR) is 227 cm³/mol. The molecule has 3 fully saturated rings. The van der Waals surface area contributed by atoms with Crippen LogP contribution in [0.3, 0.4) is 0 Å². The highest BCUT2D eigenvalue weighted by Gasteiger charge is 2.66. The fourth-order valence-electron chi connectivity index (χ4n) is 10.4. The molecule has 0 unspecified atom stereocenters. The molecule has 9 rings (SSSR count). The highest BCUT2D eigenvalue weighted by molar-refractivity contribution is 6.91. The number of aliphatic hydroxyl groups is 1. The third kappa shape index (κ3) is 6.52. The van der Waals surface area contributed by atoms with Crippen LogP contribution in [-0.4, -0.2) is 94.2 Å². The van der Waals surface area contributed by atoms with Gasteiger partial charge in [-0.3, -0.25) is 19.4 Å². The van der Waals surface area contributed by atoms with Crippen molar-refractivity contribution in [1.82, 2.24) is 4.90 Å². The van der Waals surface area contributed by atoms with E-state index in [9.17, 15) is 19.5 Å². The van der Waals surface area contributed by atoms with Crippen LogP contribution >= 0.6 is 0 Å². The van der Waals surface area contributed by atoms with Gasteiger partial charge in [0.15, 0.2) is 5.60 Å². The Labute approximate surface area is 350 Å². The van der Waals surface area contributed by atoms with E-state index in [1.807, 2.05) is 78.9 Å². The van der Waals surface area contributed by atoms with Gasteiger partial charge in [0.05, 0.1) is 65.7 Å². The first kappa shape index (κ1) is 39.7. The molecule has 0 aromatic heterocycles. The van der Waals surface area contributed by atoms with Crippen molar-refractivity contribution >= 4 is 54.3 Å². The van der Waals surface area contributed by atoms with E-state index in [2.05, 4.69) is 32.2 Å². The molecule has 1 spiro atoms. The zero-order valence-electron chi connectivity index (χ0n) is 34.3. The van der Waals surface area contributed by atoms with Gasteiger partial charge in [-0.1, -0.05) is 73.7 Å². The second-order valence-electron chi connectivity index (χ2n) is 17.0. The van der Waals surface area contributed by atoms with Gasteiger partial charge in [0.25, 0.3) is 5.91 Å². The number of aliphatic hydroxyl groups excluding tert-OH is 1. The topological polar surface area (TPSA) is 138 Å². The first-order valence-corrected chi connectivity index (χ1v) is 23.8. The summed E-state index contributed by atoms with van der Waals surface area (Å²) in [6.07, 6.45) is -0.943. The molecule has 5 aliphatic rings. The number of amides is 4. The summed E-state index contributed by atoms with van der Waals surface area (Å²) >= 11 is 0. The van der Waals surface area contributed by atoms with Crippen molar-refractivity contribution in [3.63, 3.8) is 0 Å². The molecule has 3 saturated heterocycles. The monoisotopic (exact) mass is 830 g/mol. The van der Waals surface area contributed by atoms with Crippen molar-refractivity contribution < 1.29 is 43.2 Å². The normalized spacial score (nSPS) is 24.9. The van der Waals surface area contributed by atoms with Crippen LogP contribution in [0.15, 0.2) is 91.0 Å². The van der Waals surface area contributed by atoms with Crippen LogP contribution in [0.5, 0.6) is 5.75 Å². The zero-order valence-corrected chi connectivity index (χ0v) is 35.3. The number of rotatable bonds is 10. The summed E-state index contributed by atoms with van der Waals surface area (Å²) in [7, 11) is -0.985. The van der Waals surface area contributed by atoms with Crippen LogP contribution in [0.2, 0.25) is 18.6 Å². The largest absolute Gasteiger partial charge is 0.497 e. The average molecular weight is 831 g/mol. The van der Waals surface area contributed by atoms with E-state index in [4.69, 9.17) is 18.9 Å². The van der Waals surface area contributed by atoms with E-state index >= 15 is 4.79 Å². The Kier molecular flexibility index (Phi) is 10.2. The summed E-state index contributed by atoms with van der Waals surface area (Å²) in [4.78, 5) is 62.2. The van der Waals surface area contributed by atoms with Gasteiger partial charge in [-0.05, 0) is 71.1 Å². The van der Waals surface area contributed by atoms with Gasteiger partial charge >= 0.3 is 12.2 Å². The number of nitrogens with zero attached hydrogens (tertiary/aromatic N) is 4. The number of carbonyl (C=O) groups is 4. The minimum absolute atomic E-state index is 0.0170. The molecule has 13 nitrogen and oxygen atoms in total. The number of hydrogen-bond acceptors (Lipinski definition) is 9. The van der Waals surface area contributed by atoms with Gasteiger partial charge < -0.3 is 33.9 Å². The summed E-state index contributed by atoms with van der Waals surface area (Å²) in [5, 5.41) is 11.7. The van der Waals surface area contributed by atoms with E-state index in [0.29, 0.717) is 55.3 Å². The lowest BCUT2D eigenvalue weighted by Crippen LogP contribution is -2.52. The van der Waals surface area contributed by atoms with Crippen LogP contribution in [0, 0.1) is 5.92 Å². The Morgan fingerprint density at radius 3 is 2.15 bits per heavy atom. The molecule has 312 valence electrons. The van der Waals surface area contributed by atoms with E-state index < -0.39 is 31.8 Å². The number of benzene rings is 4. The lowest BCUT2D eigenvalue weighted by atomic mass is 9.82. The molecular formula is C46H50N4O9Si. The molecule has 0 saturated carbocycles. The maximum Gasteiger partial charge on any atom is 0.414 e. The molecule has 5 aliphatic heterocycles. The average Bonchev–Trinajstić information content (AvgIpc) is 4.02. The molecule has 60 heavy (non-hydrogen) atoms. The van der Waals surface area contributed by atoms with Gasteiger partial charge in [0, 0.05) is 29.4 Å². The van der Waals surface area contributed by atoms with E-state index in [1.165, 1.54) is 0 Å². The Bertz CT molecular complexity index is 2340. The van der Waals surface area contributed by atoms with Crippen molar-refractivity contribution in [2.24, 2.45) is 5.92 Å². The molecule has 5 heterocycles. The lowest BCUT2D eigenvalue weighted by Gasteiger charge is -2.39. The molecule has 5 atom stereocenters. The number of methoxy groups -OCH3 is 1. The molecule has 14 heteroatoms. The number of anilines is 3. The number of hydrogen-bond donors (Lipinski definition) is 1. The fourth-order valence-corrected chi connectivity index (χ4v) is 14.4. The van der Waals surface area contributed by atoms with Crippen LogP contribution in [0.25, 0.3) is 0 Å².